The minimum atomic E-state index is -4.97. The van der Waals surface area contributed by atoms with Gasteiger partial charge < -0.3 is 15.0 Å². The quantitative estimate of drug-likeness (QED) is 0.518. The van der Waals surface area contributed by atoms with Gasteiger partial charge in [-0.15, -0.1) is 0 Å². The van der Waals surface area contributed by atoms with E-state index in [1.54, 1.807) is 26.0 Å². The molecule has 0 aliphatic rings. The second-order valence-corrected chi connectivity index (χ2v) is 8.24. The summed E-state index contributed by atoms with van der Waals surface area (Å²) in [5, 5.41) is 1.84. The third kappa shape index (κ3) is 4.82. The van der Waals surface area contributed by atoms with Crippen molar-refractivity contribution in [3.63, 3.8) is 0 Å². The number of aromatic amines is 1. The molecule has 33 heavy (non-hydrogen) atoms. The Bertz CT molecular complexity index is 1330. The summed E-state index contributed by atoms with van der Waals surface area (Å²) < 4.78 is 45.4. The molecule has 3 aromatic rings. The van der Waals surface area contributed by atoms with Crippen LogP contribution in [-0.4, -0.2) is 33.0 Å². The Morgan fingerprint density at radius 2 is 1.91 bits per heavy atom. The number of para-hydroxylation sites is 1. The molecule has 3 rings (SSSR count). The van der Waals surface area contributed by atoms with Crippen LogP contribution in [0, 0.1) is 5.92 Å². The molecule has 0 saturated heterocycles. The molecule has 0 fully saturated rings. The second kappa shape index (κ2) is 9.17. The maximum atomic E-state index is 13.3. The van der Waals surface area contributed by atoms with Crippen LogP contribution in [0.5, 0.6) is 0 Å². The molecule has 2 aromatic heterocycles. The highest BCUT2D eigenvalue weighted by molar-refractivity contribution is 7.17. The van der Waals surface area contributed by atoms with Crippen molar-refractivity contribution < 1.29 is 27.5 Å². The number of nitrogens with one attached hydrogen (secondary N) is 2. The second-order valence-electron chi connectivity index (χ2n) is 7.24. The zero-order chi connectivity index (χ0) is 24.5. The predicted molar refractivity (Wildman–Crippen MR) is 114 cm³/mol. The number of benzene rings is 1. The fourth-order valence-electron chi connectivity index (χ4n) is 3.23. The van der Waals surface area contributed by atoms with Gasteiger partial charge in [0.15, 0.2) is 10.8 Å². The van der Waals surface area contributed by atoms with Crippen molar-refractivity contribution >= 4 is 39.2 Å². The molecule has 0 aliphatic carbocycles. The monoisotopic (exact) mass is 484 g/mol. The summed E-state index contributed by atoms with van der Waals surface area (Å²) >= 11 is 0.287. The lowest BCUT2D eigenvalue weighted by atomic mass is 10.0. The largest absolute Gasteiger partial charge is 0.462 e. The van der Waals surface area contributed by atoms with Crippen molar-refractivity contribution in [3.8, 4) is 0 Å². The van der Waals surface area contributed by atoms with Crippen LogP contribution in [0.4, 0.5) is 18.3 Å². The van der Waals surface area contributed by atoms with Gasteiger partial charge >= 0.3 is 17.8 Å². The maximum Gasteiger partial charge on any atom is 0.435 e. The number of thiazole rings is 1. The highest BCUT2D eigenvalue weighted by atomic mass is 32.1. The normalized spacial score (nSPS) is 12.7. The molecule has 0 spiro atoms. The molecule has 176 valence electrons. The molecule has 0 radical (unpaired) electrons. The van der Waals surface area contributed by atoms with Crippen molar-refractivity contribution in [1.29, 1.82) is 0 Å². The van der Waals surface area contributed by atoms with Gasteiger partial charge in [-0.3, -0.25) is 9.59 Å². The Kier molecular flexibility index (Phi) is 6.72. The number of anilines is 1. The number of ether oxygens (including phenoxy) is 1. The van der Waals surface area contributed by atoms with Crippen LogP contribution in [0.15, 0.2) is 33.9 Å². The number of hydrogen-bond donors (Lipinski definition) is 2. The van der Waals surface area contributed by atoms with E-state index in [9.17, 15) is 32.3 Å². The van der Waals surface area contributed by atoms with E-state index in [4.69, 9.17) is 0 Å². The first-order valence-electron chi connectivity index (χ1n) is 9.75. The highest BCUT2D eigenvalue weighted by Crippen LogP contribution is 2.37. The summed E-state index contributed by atoms with van der Waals surface area (Å²) in [7, 11) is 0. The highest BCUT2D eigenvalue weighted by Gasteiger charge is 2.41. The van der Waals surface area contributed by atoms with Gasteiger partial charge in [-0.25, -0.2) is 19.1 Å². The van der Waals surface area contributed by atoms with Crippen molar-refractivity contribution in [1.82, 2.24) is 14.5 Å². The van der Waals surface area contributed by atoms with Gasteiger partial charge in [0.2, 0.25) is 5.91 Å². The van der Waals surface area contributed by atoms with Crippen LogP contribution >= 0.6 is 11.3 Å². The molecular formula is C20H19F3N4O5S. The third-order valence-electron chi connectivity index (χ3n) is 4.60. The van der Waals surface area contributed by atoms with Gasteiger partial charge in [-0.05, 0) is 25.0 Å². The summed E-state index contributed by atoms with van der Waals surface area (Å²) in [5.41, 5.74) is -2.80. The Morgan fingerprint density at radius 3 is 2.52 bits per heavy atom. The average Bonchev–Trinajstić information content (AvgIpc) is 3.15. The third-order valence-corrected chi connectivity index (χ3v) is 5.55. The minimum Gasteiger partial charge on any atom is -0.462 e. The topological polar surface area (TPSA) is 123 Å². The number of amides is 1. The maximum absolute atomic E-state index is 13.3. The molecule has 13 heteroatoms. The Hall–Kier alpha value is -3.48. The van der Waals surface area contributed by atoms with Crippen LogP contribution in [0.2, 0.25) is 0 Å². The lowest BCUT2D eigenvalue weighted by Crippen LogP contribution is -2.44. The average molecular weight is 484 g/mol. The summed E-state index contributed by atoms with van der Waals surface area (Å²) in [6.45, 7) is 4.41. The number of fused-ring (bicyclic) bond motifs is 1. The van der Waals surface area contributed by atoms with E-state index in [2.05, 4.69) is 20.0 Å². The Morgan fingerprint density at radius 1 is 1.24 bits per heavy atom. The predicted octanol–water partition coefficient (Wildman–Crippen LogP) is 3.18. The first kappa shape index (κ1) is 24.2. The van der Waals surface area contributed by atoms with Crippen LogP contribution in [0.3, 0.4) is 0 Å². The first-order valence-corrected chi connectivity index (χ1v) is 10.6. The number of aromatic nitrogens is 3. The Labute approximate surface area is 188 Å². The Balaban J connectivity index is 2.04. The van der Waals surface area contributed by atoms with Gasteiger partial charge in [-0.2, -0.15) is 13.2 Å². The van der Waals surface area contributed by atoms with E-state index >= 15 is 0 Å². The number of hydrogen-bond acceptors (Lipinski definition) is 7. The molecular weight excluding hydrogens is 465 g/mol. The SMILES string of the molecule is CCOC(=O)c1sc(NC(=O)[C@H](C(C)C)n2c(=O)[nH]c3ccccc3c2=O)nc1C(F)(F)F. The summed E-state index contributed by atoms with van der Waals surface area (Å²) in [6.07, 6.45) is -4.97. The summed E-state index contributed by atoms with van der Waals surface area (Å²) in [6, 6.07) is 4.84. The molecule has 2 heterocycles. The zero-order valence-electron chi connectivity index (χ0n) is 17.6. The van der Waals surface area contributed by atoms with Gasteiger partial charge in [0.1, 0.15) is 10.9 Å². The molecule has 0 bridgehead atoms. The standard InChI is InChI=1S/C20H19F3N4O5S/c1-4-32-17(30)13-14(20(21,22)23)25-18(33-13)26-15(28)12(9(2)3)27-16(29)10-7-5-6-8-11(10)24-19(27)31/h5-9,12H,4H2,1-3H3,(H,24,31)(H,25,26,28)/t12-/m0/s1. The van der Waals surface area contributed by atoms with Crippen molar-refractivity contribution in [2.45, 2.75) is 33.0 Å². The lowest BCUT2D eigenvalue weighted by Gasteiger charge is -2.21. The first-order chi connectivity index (χ1) is 15.5. The number of alkyl halides is 3. The number of nitrogens with zero attached hydrogens (tertiary/aromatic N) is 2. The number of H-pyrrole nitrogens is 1. The van der Waals surface area contributed by atoms with Gasteiger partial charge in [0.25, 0.3) is 5.56 Å². The number of carbonyl (C=O) groups excluding carboxylic acids is 2. The van der Waals surface area contributed by atoms with Crippen LogP contribution in [-0.2, 0) is 15.7 Å². The van der Waals surface area contributed by atoms with Crippen molar-refractivity contribution in [3.05, 3.63) is 55.7 Å². The van der Waals surface area contributed by atoms with Crippen molar-refractivity contribution in [2.24, 2.45) is 5.92 Å². The number of esters is 1. The van der Waals surface area contributed by atoms with Gasteiger partial charge in [0, 0.05) is 0 Å². The van der Waals surface area contributed by atoms with E-state index in [1.165, 1.54) is 19.1 Å². The van der Waals surface area contributed by atoms with E-state index in [1.807, 2.05) is 0 Å². The summed E-state index contributed by atoms with van der Waals surface area (Å²) in [4.78, 5) is 55.5. The molecule has 9 nitrogen and oxygen atoms in total. The molecule has 0 aliphatic heterocycles. The molecule has 0 unspecified atom stereocenters. The smallest absolute Gasteiger partial charge is 0.435 e. The summed E-state index contributed by atoms with van der Waals surface area (Å²) in [5.74, 6) is -2.77. The molecule has 2 N–H and O–H groups in total. The number of rotatable bonds is 6. The van der Waals surface area contributed by atoms with E-state index < -0.39 is 57.0 Å². The van der Waals surface area contributed by atoms with E-state index in [0.717, 1.165) is 0 Å². The van der Waals surface area contributed by atoms with Gasteiger partial charge in [-0.1, -0.05) is 37.3 Å². The minimum absolute atomic E-state index is 0.154. The zero-order valence-corrected chi connectivity index (χ0v) is 18.5. The fraction of sp³-hybridized carbons (Fsp3) is 0.350. The van der Waals surface area contributed by atoms with E-state index in [0.29, 0.717) is 4.57 Å². The van der Waals surface area contributed by atoms with Crippen LogP contribution < -0.4 is 16.6 Å². The fourth-order valence-corrected chi connectivity index (χ4v) is 4.11. The van der Waals surface area contributed by atoms with Crippen LogP contribution in [0.1, 0.15) is 42.2 Å². The van der Waals surface area contributed by atoms with E-state index in [-0.39, 0.29) is 28.8 Å². The lowest BCUT2D eigenvalue weighted by molar-refractivity contribution is -0.141. The number of carbonyl (C=O) groups is 2. The molecule has 1 atom stereocenters. The molecule has 1 aromatic carbocycles. The van der Waals surface area contributed by atoms with Crippen molar-refractivity contribution in [2.75, 3.05) is 11.9 Å². The van der Waals surface area contributed by atoms with Crippen LogP contribution in [0.25, 0.3) is 10.9 Å². The number of halogens is 3. The van der Waals surface area contributed by atoms with Gasteiger partial charge in [0.05, 0.1) is 17.5 Å². The molecule has 0 saturated carbocycles. The molecule has 1 amide bonds.